The molecule has 0 saturated carbocycles. The van der Waals surface area contributed by atoms with E-state index in [1.165, 1.54) is 18.2 Å². The zero-order valence-electron chi connectivity index (χ0n) is 12.4. The van der Waals surface area contributed by atoms with Crippen LogP contribution in [0.3, 0.4) is 0 Å². The second-order valence-corrected chi connectivity index (χ2v) is 4.99. The van der Waals surface area contributed by atoms with Gasteiger partial charge in [-0.3, -0.25) is 9.59 Å². The topological polar surface area (TPSA) is 58.2 Å². The molecule has 0 aliphatic rings. The minimum Gasteiger partial charge on any atom is -0.343 e. The third-order valence-corrected chi connectivity index (χ3v) is 3.38. The molecule has 2 N–H and O–H groups in total. The monoisotopic (exact) mass is 300 g/mol. The van der Waals surface area contributed by atoms with Crippen LogP contribution in [0.4, 0.5) is 10.1 Å². The predicted octanol–water partition coefficient (Wildman–Crippen LogP) is 2.81. The van der Waals surface area contributed by atoms with Crippen molar-refractivity contribution < 1.29 is 14.0 Å². The Balaban J connectivity index is 1.93. The molecule has 4 nitrogen and oxygen atoms in total. The highest BCUT2D eigenvalue weighted by molar-refractivity contribution is 5.99. The Hall–Kier alpha value is -2.69. The van der Waals surface area contributed by atoms with Gasteiger partial charge in [-0.05, 0) is 49.2 Å². The van der Waals surface area contributed by atoms with Crippen LogP contribution in [0.15, 0.2) is 42.5 Å². The maximum atomic E-state index is 13.0. The highest BCUT2D eigenvalue weighted by Crippen LogP contribution is 2.17. The van der Waals surface area contributed by atoms with Gasteiger partial charge in [-0.25, -0.2) is 4.39 Å². The van der Waals surface area contributed by atoms with Crippen molar-refractivity contribution in [3.63, 3.8) is 0 Å². The summed E-state index contributed by atoms with van der Waals surface area (Å²) in [6.07, 6.45) is 0. The molecule has 2 aromatic rings. The summed E-state index contributed by atoms with van der Waals surface area (Å²) in [7, 11) is 0. The largest absolute Gasteiger partial charge is 0.343 e. The normalized spacial score (nSPS) is 10.1. The lowest BCUT2D eigenvalue weighted by Crippen LogP contribution is -2.33. The number of hydrogen-bond donors (Lipinski definition) is 2. The Morgan fingerprint density at radius 2 is 1.82 bits per heavy atom. The van der Waals surface area contributed by atoms with Gasteiger partial charge < -0.3 is 10.6 Å². The van der Waals surface area contributed by atoms with Gasteiger partial charge in [-0.1, -0.05) is 18.2 Å². The van der Waals surface area contributed by atoms with E-state index in [4.69, 9.17) is 0 Å². The highest BCUT2D eigenvalue weighted by Gasteiger charge is 2.10. The summed E-state index contributed by atoms with van der Waals surface area (Å²) in [5.41, 5.74) is 2.94. The lowest BCUT2D eigenvalue weighted by Gasteiger charge is -2.11. The summed E-state index contributed by atoms with van der Waals surface area (Å²) in [6.45, 7) is 3.69. The van der Waals surface area contributed by atoms with Crippen molar-refractivity contribution in [2.75, 3.05) is 11.9 Å². The minimum atomic E-state index is -0.493. The van der Waals surface area contributed by atoms with Gasteiger partial charge in [0.25, 0.3) is 5.91 Å². The molecule has 114 valence electrons. The van der Waals surface area contributed by atoms with Crippen LogP contribution in [0.5, 0.6) is 0 Å². The smallest absolute Gasteiger partial charge is 0.251 e. The number of amides is 2. The average molecular weight is 300 g/mol. The maximum absolute atomic E-state index is 13.0. The lowest BCUT2D eigenvalue weighted by atomic mass is 10.1. The van der Waals surface area contributed by atoms with Gasteiger partial charge >= 0.3 is 0 Å². The Kier molecular flexibility index (Phi) is 4.88. The third kappa shape index (κ3) is 3.91. The zero-order valence-corrected chi connectivity index (χ0v) is 12.4. The fourth-order valence-corrected chi connectivity index (χ4v) is 1.97. The number of hydrogen-bond acceptors (Lipinski definition) is 2. The first-order valence-electron chi connectivity index (χ1n) is 6.87. The molecule has 0 heterocycles. The summed E-state index contributed by atoms with van der Waals surface area (Å²) in [4.78, 5) is 23.7. The van der Waals surface area contributed by atoms with Crippen LogP contribution in [0.25, 0.3) is 0 Å². The molecule has 0 atom stereocenters. The molecule has 5 heteroatoms. The van der Waals surface area contributed by atoms with Crippen LogP contribution in [0, 0.1) is 19.7 Å². The van der Waals surface area contributed by atoms with Crippen molar-refractivity contribution in [3.05, 3.63) is 65.0 Å². The minimum absolute atomic E-state index is 0.178. The molecule has 0 aliphatic carbocycles. The molecule has 0 bridgehead atoms. The Labute approximate surface area is 128 Å². The van der Waals surface area contributed by atoms with Gasteiger partial charge in [0.1, 0.15) is 5.82 Å². The number of carbonyl (C=O) groups is 2. The first-order chi connectivity index (χ1) is 10.5. The van der Waals surface area contributed by atoms with Gasteiger partial charge in [0, 0.05) is 11.3 Å². The molecule has 0 aromatic heterocycles. The number of rotatable bonds is 4. The molecule has 0 spiro atoms. The van der Waals surface area contributed by atoms with Gasteiger partial charge in [-0.15, -0.1) is 0 Å². The van der Waals surface area contributed by atoms with Crippen LogP contribution in [0.2, 0.25) is 0 Å². The summed E-state index contributed by atoms with van der Waals surface area (Å²) in [5, 5.41) is 5.20. The van der Waals surface area contributed by atoms with E-state index in [2.05, 4.69) is 10.6 Å². The third-order valence-electron chi connectivity index (χ3n) is 3.38. The molecule has 2 aromatic carbocycles. The van der Waals surface area contributed by atoms with E-state index in [0.717, 1.165) is 17.2 Å². The molecular formula is C17H17FN2O2. The molecule has 2 rings (SSSR count). The molecule has 2 amide bonds. The van der Waals surface area contributed by atoms with Gasteiger partial charge in [0.15, 0.2) is 0 Å². The molecule has 0 saturated heterocycles. The van der Waals surface area contributed by atoms with E-state index in [-0.39, 0.29) is 18.0 Å². The van der Waals surface area contributed by atoms with Crippen LogP contribution < -0.4 is 10.6 Å². The quantitative estimate of drug-likeness (QED) is 0.912. The Morgan fingerprint density at radius 1 is 1.09 bits per heavy atom. The van der Waals surface area contributed by atoms with Crippen LogP contribution in [-0.4, -0.2) is 18.4 Å². The summed E-state index contributed by atoms with van der Waals surface area (Å²) < 4.78 is 13.0. The molecule has 0 unspecified atom stereocenters. The molecule has 22 heavy (non-hydrogen) atoms. The van der Waals surface area contributed by atoms with Crippen LogP contribution >= 0.6 is 0 Å². The van der Waals surface area contributed by atoms with Crippen LogP contribution in [-0.2, 0) is 4.79 Å². The zero-order chi connectivity index (χ0) is 16.1. The van der Waals surface area contributed by atoms with Gasteiger partial charge in [0.2, 0.25) is 5.91 Å². The second kappa shape index (κ2) is 6.85. The van der Waals surface area contributed by atoms with E-state index < -0.39 is 11.7 Å². The second-order valence-electron chi connectivity index (χ2n) is 4.99. The molecule has 0 radical (unpaired) electrons. The van der Waals surface area contributed by atoms with E-state index in [1.807, 2.05) is 26.0 Å². The van der Waals surface area contributed by atoms with Gasteiger partial charge in [0.05, 0.1) is 6.54 Å². The molecular weight excluding hydrogens is 283 g/mol. The van der Waals surface area contributed by atoms with Crippen LogP contribution in [0.1, 0.15) is 21.5 Å². The van der Waals surface area contributed by atoms with E-state index in [0.29, 0.717) is 5.69 Å². The van der Waals surface area contributed by atoms with Crippen molar-refractivity contribution in [2.45, 2.75) is 13.8 Å². The predicted molar refractivity (Wildman–Crippen MR) is 83.3 cm³/mol. The summed E-state index contributed by atoms with van der Waals surface area (Å²) in [5.74, 6) is -1.32. The molecule has 0 fully saturated rings. The van der Waals surface area contributed by atoms with Crippen molar-refractivity contribution in [1.82, 2.24) is 5.32 Å². The lowest BCUT2D eigenvalue weighted by molar-refractivity contribution is -0.115. The van der Waals surface area contributed by atoms with E-state index >= 15 is 0 Å². The Morgan fingerprint density at radius 3 is 2.55 bits per heavy atom. The van der Waals surface area contributed by atoms with Crippen molar-refractivity contribution >= 4 is 17.5 Å². The van der Waals surface area contributed by atoms with Gasteiger partial charge in [-0.2, -0.15) is 0 Å². The number of carbonyl (C=O) groups excluding carboxylic acids is 2. The number of aryl methyl sites for hydroxylation is 1. The standard InChI is InChI=1S/C17H17FN2O2/c1-11-5-3-8-15(12(11)2)20-16(21)10-19-17(22)13-6-4-7-14(18)9-13/h3-9H,10H2,1-2H3,(H,19,22)(H,20,21). The van der Waals surface area contributed by atoms with E-state index in [1.54, 1.807) is 6.07 Å². The van der Waals surface area contributed by atoms with Crippen molar-refractivity contribution in [1.29, 1.82) is 0 Å². The fraction of sp³-hybridized carbons (Fsp3) is 0.176. The first kappa shape index (κ1) is 15.7. The molecule has 0 aliphatic heterocycles. The fourth-order valence-electron chi connectivity index (χ4n) is 1.97. The summed E-state index contributed by atoms with van der Waals surface area (Å²) in [6, 6.07) is 10.9. The highest BCUT2D eigenvalue weighted by atomic mass is 19.1. The van der Waals surface area contributed by atoms with Crippen molar-refractivity contribution in [2.24, 2.45) is 0 Å². The number of nitrogens with one attached hydrogen (secondary N) is 2. The number of benzene rings is 2. The average Bonchev–Trinajstić information content (AvgIpc) is 2.49. The maximum Gasteiger partial charge on any atom is 0.251 e. The van der Waals surface area contributed by atoms with Crippen molar-refractivity contribution in [3.8, 4) is 0 Å². The SMILES string of the molecule is Cc1cccc(NC(=O)CNC(=O)c2cccc(F)c2)c1C. The first-order valence-corrected chi connectivity index (χ1v) is 6.87. The Bertz CT molecular complexity index is 714. The van der Waals surface area contributed by atoms with E-state index in [9.17, 15) is 14.0 Å². The number of halogens is 1. The summed E-state index contributed by atoms with van der Waals surface area (Å²) >= 11 is 0. The number of anilines is 1.